The van der Waals surface area contributed by atoms with E-state index in [4.69, 9.17) is 9.84 Å². The van der Waals surface area contributed by atoms with Crippen LogP contribution >= 0.6 is 0 Å². The van der Waals surface area contributed by atoms with Crippen molar-refractivity contribution in [2.75, 3.05) is 11.9 Å². The zero-order valence-electron chi connectivity index (χ0n) is 10.2. The highest BCUT2D eigenvalue weighted by atomic mass is 16.6. The summed E-state index contributed by atoms with van der Waals surface area (Å²) in [5, 5.41) is 40.5. The first-order valence-electron chi connectivity index (χ1n) is 5.83. The molecule has 5 atom stereocenters. The van der Waals surface area contributed by atoms with Crippen LogP contribution in [0.3, 0.4) is 0 Å². The molecule has 20 heavy (non-hydrogen) atoms. The Hall–Kier alpha value is -1.72. The number of H-pyrrole nitrogens is 2. The summed E-state index contributed by atoms with van der Waals surface area (Å²) in [4.78, 5) is 26.4. The van der Waals surface area contributed by atoms with Gasteiger partial charge < -0.3 is 30.5 Å². The zero-order chi connectivity index (χ0) is 14.9. The summed E-state index contributed by atoms with van der Waals surface area (Å²) >= 11 is 0. The van der Waals surface area contributed by atoms with E-state index in [1.165, 1.54) is 0 Å². The Labute approximate surface area is 111 Å². The fourth-order valence-electron chi connectivity index (χ4n) is 1.92. The van der Waals surface area contributed by atoms with Crippen LogP contribution in [0.4, 0.5) is 5.82 Å². The van der Waals surface area contributed by atoms with Gasteiger partial charge >= 0.3 is 5.69 Å². The summed E-state index contributed by atoms with van der Waals surface area (Å²) in [5.74, 6) is -0.0388. The number of anilines is 1. The van der Waals surface area contributed by atoms with E-state index in [2.05, 4.69) is 10.3 Å². The van der Waals surface area contributed by atoms with Gasteiger partial charge in [0, 0.05) is 6.07 Å². The minimum atomic E-state index is -1.55. The molecule has 0 unspecified atom stereocenters. The Balaban J connectivity index is 2.19. The summed E-state index contributed by atoms with van der Waals surface area (Å²) in [6.45, 7) is -0.574. The summed E-state index contributed by atoms with van der Waals surface area (Å²) in [7, 11) is 0. The molecular weight excluding hydrogens is 274 g/mol. The zero-order valence-corrected chi connectivity index (χ0v) is 10.2. The highest BCUT2D eigenvalue weighted by molar-refractivity contribution is 5.33. The van der Waals surface area contributed by atoms with Gasteiger partial charge in [-0.25, -0.2) is 4.79 Å². The molecule has 1 aliphatic heterocycles. The van der Waals surface area contributed by atoms with Crippen LogP contribution in [-0.4, -0.2) is 67.6 Å². The Morgan fingerprint density at radius 1 is 1.15 bits per heavy atom. The topological polar surface area (TPSA) is 168 Å². The van der Waals surface area contributed by atoms with Crippen LogP contribution in [0.15, 0.2) is 15.7 Å². The smallest absolute Gasteiger partial charge is 0.327 e. The van der Waals surface area contributed by atoms with Gasteiger partial charge in [-0.05, 0) is 0 Å². The average Bonchev–Trinajstić information content (AvgIpc) is 2.38. The monoisotopic (exact) mass is 289 g/mol. The van der Waals surface area contributed by atoms with Crippen molar-refractivity contribution in [3.05, 3.63) is 26.9 Å². The molecule has 1 aromatic rings. The van der Waals surface area contributed by atoms with Crippen molar-refractivity contribution in [1.29, 1.82) is 0 Å². The third-order valence-corrected chi connectivity index (χ3v) is 2.95. The number of aromatic amines is 2. The molecule has 112 valence electrons. The maximum atomic E-state index is 11.1. The Bertz CT molecular complexity index is 540. The second-order valence-corrected chi connectivity index (χ2v) is 4.40. The predicted octanol–water partition coefficient (Wildman–Crippen LogP) is -3.72. The molecule has 0 aliphatic carbocycles. The summed E-state index contributed by atoms with van der Waals surface area (Å²) < 4.78 is 5.16. The molecule has 0 amide bonds. The van der Waals surface area contributed by atoms with Gasteiger partial charge in [0.15, 0.2) is 6.23 Å². The number of aliphatic hydroxyl groups is 4. The van der Waals surface area contributed by atoms with E-state index in [0.717, 1.165) is 6.07 Å². The maximum Gasteiger partial charge on any atom is 0.327 e. The fraction of sp³-hybridized carbons (Fsp3) is 0.600. The summed E-state index contributed by atoms with van der Waals surface area (Å²) in [6.07, 6.45) is -6.85. The van der Waals surface area contributed by atoms with Crippen molar-refractivity contribution in [1.82, 2.24) is 9.97 Å². The third kappa shape index (κ3) is 2.89. The molecule has 2 heterocycles. The van der Waals surface area contributed by atoms with Gasteiger partial charge in [-0.3, -0.25) is 14.8 Å². The molecule has 0 bridgehead atoms. The molecule has 1 saturated heterocycles. The number of rotatable bonds is 3. The molecule has 1 aromatic heterocycles. The SMILES string of the molecule is O=c1cc(N[C@H]2O[C@@H](CO)[C@@H](O)[C@@H](O)[C@@H]2O)[nH]c(=O)[nH]1. The van der Waals surface area contributed by atoms with Crippen LogP contribution in [0.25, 0.3) is 0 Å². The van der Waals surface area contributed by atoms with Crippen LogP contribution in [-0.2, 0) is 4.74 Å². The second-order valence-electron chi connectivity index (χ2n) is 4.40. The van der Waals surface area contributed by atoms with E-state index in [9.17, 15) is 24.9 Å². The van der Waals surface area contributed by atoms with E-state index in [1.807, 2.05) is 4.98 Å². The third-order valence-electron chi connectivity index (χ3n) is 2.95. The van der Waals surface area contributed by atoms with Crippen LogP contribution in [0.1, 0.15) is 0 Å². The number of ether oxygens (including phenoxy) is 1. The first-order valence-corrected chi connectivity index (χ1v) is 5.83. The first-order chi connectivity index (χ1) is 9.42. The van der Waals surface area contributed by atoms with E-state index in [-0.39, 0.29) is 5.82 Å². The van der Waals surface area contributed by atoms with Crippen LogP contribution in [0, 0.1) is 0 Å². The number of hydrogen-bond donors (Lipinski definition) is 7. The lowest BCUT2D eigenvalue weighted by atomic mass is 9.98. The fourth-order valence-corrected chi connectivity index (χ4v) is 1.92. The average molecular weight is 289 g/mol. The standard InChI is InChI=1S/C10H15N3O7/c14-2-3-6(16)7(17)8(18)9(20-3)11-4-1-5(15)13-10(19)12-4/h1,3,6-9,14,16-18H,2H2,(H3,11,12,13,15,19)/t3-,6+,7+,8-,9-/m0/s1. The molecule has 10 nitrogen and oxygen atoms in total. The molecule has 1 fully saturated rings. The van der Waals surface area contributed by atoms with Gasteiger partial charge in [-0.2, -0.15) is 0 Å². The molecule has 0 radical (unpaired) electrons. The molecule has 1 aliphatic rings. The number of aliphatic hydroxyl groups excluding tert-OH is 4. The quantitative estimate of drug-likeness (QED) is 0.298. The van der Waals surface area contributed by atoms with E-state index >= 15 is 0 Å². The van der Waals surface area contributed by atoms with Gasteiger partial charge in [0.25, 0.3) is 5.56 Å². The van der Waals surface area contributed by atoms with Gasteiger partial charge in [-0.1, -0.05) is 0 Å². The lowest BCUT2D eigenvalue weighted by Gasteiger charge is -2.40. The Kier molecular flexibility index (Phi) is 4.20. The van der Waals surface area contributed by atoms with Gasteiger partial charge in [0.2, 0.25) is 0 Å². The Morgan fingerprint density at radius 3 is 2.45 bits per heavy atom. The Morgan fingerprint density at radius 2 is 1.85 bits per heavy atom. The van der Waals surface area contributed by atoms with Gasteiger partial charge in [-0.15, -0.1) is 0 Å². The molecule has 7 N–H and O–H groups in total. The highest BCUT2D eigenvalue weighted by Crippen LogP contribution is 2.21. The lowest BCUT2D eigenvalue weighted by Crippen LogP contribution is -2.60. The van der Waals surface area contributed by atoms with E-state index in [1.54, 1.807) is 0 Å². The highest BCUT2D eigenvalue weighted by Gasteiger charge is 2.43. The van der Waals surface area contributed by atoms with Crippen LogP contribution in [0.2, 0.25) is 0 Å². The molecule has 2 rings (SSSR count). The van der Waals surface area contributed by atoms with Crippen molar-refractivity contribution in [2.24, 2.45) is 0 Å². The van der Waals surface area contributed by atoms with Crippen molar-refractivity contribution >= 4 is 5.82 Å². The normalized spacial score (nSPS) is 33.9. The predicted molar refractivity (Wildman–Crippen MR) is 65.1 cm³/mol. The van der Waals surface area contributed by atoms with Crippen molar-refractivity contribution in [3.63, 3.8) is 0 Å². The molecule has 0 spiro atoms. The largest absolute Gasteiger partial charge is 0.394 e. The number of nitrogens with one attached hydrogen (secondary N) is 3. The number of hydrogen-bond acceptors (Lipinski definition) is 8. The summed E-state index contributed by atoms with van der Waals surface area (Å²) in [5.41, 5.74) is -1.43. The van der Waals surface area contributed by atoms with Crippen molar-refractivity contribution < 1.29 is 25.2 Å². The number of aromatic nitrogens is 2. The molecular formula is C10H15N3O7. The molecule has 0 saturated carbocycles. The molecule has 10 heteroatoms. The van der Waals surface area contributed by atoms with Crippen molar-refractivity contribution in [3.8, 4) is 0 Å². The minimum Gasteiger partial charge on any atom is -0.394 e. The minimum absolute atomic E-state index is 0.0388. The van der Waals surface area contributed by atoms with Crippen LogP contribution in [0.5, 0.6) is 0 Å². The van der Waals surface area contributed by atoms with E-state index < -0.39 is 48.5 Å². The summed E-state index contributed by atoms with van der Waals surface area (Å²) in [6, 6.07) is 1.02. The lowest BCUT2D eigenvalue weighted by molar-refractivity contribution is -0.221. The van der Waals surface area contributed by atoms with Crippen LogP contribution < -0.4 is 16.6 Å². The van der Waals surface area contributed by atoms with Gasteiger partial charge in [0.05, 0.1) is 6.61 Å². The second kappa shape index (κ2) is 5.73. The van der Waals surface area contributed by atoms with Gasteiger partial charge in [0.1, 0.15) is 30.2 Å². The first kappa shape index (κ1) is 14.7. The maximum absolute atomic E-state index is 11.1. The van der Waals surface area contributed by atoms with E-state index in [0.29, 0.717) is 0 Å². The molecule has 0 aromatic carbocycles. The van der Waals surface area contributed by atoms with Crippen molar-refractivity contribution in [2.45, 2.75) is 30.6 Å².